The molecule has 1 aliphatic rings. The van der Waals surface area contributed by atoms with Crippen molar-refractivity contribution in [2.24, 2.45) is 0 Å². The number of nitrogens with one attached hydrogen (secondary N) is 1. The maximum absolute atomic E-state index is 12.9. The van der Waals surface area contributed by atoms with Crippen LogP contribution in [0.4, 0.5) is 5.69 Å². The minimum absolute atomic E-state index is 0.313. The van der Waals surface area contributed by atoms with Gasteiger partial charge in [-0.25, -0.2) is 8.42 Å². The summed E-state index contributed by atoms with van der Waals surface area (Å²) in [5.74, 6) is 0. The smallest absolute Gasteiger partial charge is 0.251 e. The summed E-state index contributed by atoms with van der Waals surface area (Å²) >= 11 is 1.32. The van der Waals surface area contributed by atoms with Crippen molar-refractivity contribution >= 4 is 43.9 Å². The van der Waals surface area contributed by atoms with E-state index in [-0.39, 0.29) is 0 Å². The van der Waals surface area contributed by atoms with Crippen molar-refractivity contribution in [3.63, 3.8) is 0 Å². The first kappa shape index (κ1) is 27.2. The molecule has 5 atom stereocenters. The predicted molar refractivity (Wildman–Crippen MR) is 144 cm³/mol. The summed E-state index contributed by atoms with van der Waals surface area (Å²) in [5, 5.41) is 42.4. The molecule has 0 spiro atoms. The largest absolute Gasteiger partial charge is 0.388 e. The minimum Gasteiger partial charge on any atom is -0.388 e. The van der Waals surface area contributed by atoms with E-state index in [1.54, 1.807) is 19.1 Å². The molecule has 1 saturated heterocycles. The van der Waals surface area contributed by atoms with Crippen LogP contribution >= 0.6 is 11.3 Å². The van der Waals surface area contributed by atoms with Gasteiger partial charge in [0.1, 0.15) is 24.3 Å². The van der Waals surface area contributed by atoms with E-state index >= 15 is 0 Å². The van der Waals surface area contributed by atoms with Gasteiger partial charge in [-0.1, -0.05) is 25.1 Å². The van der Waals surface area contributed by atoms with Gasteiger partial charge in [0, 0.05) is 29.5 Å². The molecule has 2 aromatic carbocycles. The first-order valence-corrected chi connectivity index (χ1v) is 14.0. The zero-order chi connectivity index (χ0) is 26.9. The number of fused-ring (bicyclic) bond motifs is 1. The number of nitriles is 1. The molecule has 1 aliphatic heterocycles. The summed E-state index contributed by atoms with van der Waals surface area (Å²) in [7, 11) is -0.466. The Balaban J connectivity index is 1.56. The fourth-order valence-electron chi connectivity index (χ4n) is 4.20. The molecular formula is C26H29N3O6S2. The van der Waals surface area contributed by atoms with Crippen molar-refractivity contribution in [2.45, 2.75) is 44.0 Å². The predicted octanol–water partition coefficient (Wildman–Crippen LogP) is 2.64. The third kappa shape index (κ3) is 5.71. The second kappa shape index (κ2) is 10.9. The van der Waals surface area contributed by atoms with Crippen LogP contribution in [0.2, 0.25) is 0 Å². The lowest BCUT2D eigenvalue weighted by atomic mass is 9.96. The number of sulfonamides is 1. The molecule has 11 heteroatoms. The number of aliphatic hydroxyl groups is 3. The first-order chi connectivity index (χ1) is 17.5. The average molecular weight is 544 g/mol. The Morgan fingerprint density at radius 2 is 1.81 bits per heavy atom. The Morgan fingerprint density at radius 1 is 1.11 bits per heavy atom. The SMILES string of the molecule is CC[C@H]1OC(O)[C@H](NS(=O)(=O)/C(C#N)=C/c2ccc(-c3ccc4cc(N(C)C)ccc4c3)s2)[C@@H](O)[C@@H]1O. The molecule has 0 radical (unpaired) electrons. The van der Waals surface area contributed by atoms with Crippen LogP contribution in [0, 0.1) is 11.3 Å². The van der Waals surface area contributed by atoms with Crippen LogP contribution in [-0.2, 0) is 14.8 Å². The Labute approximate surface area is 219 Å². The fraction of sp³-hybridized carbons (Fsp3) is 0.346. The van der Waals surface area contributed by atoms with Crippen LogP contribution in [0.25, 0.3) is 27.3 Å². The summed E-state index contributed by atoms with van der Waals surface area (Å²) < 4.78 is 33.2. The average Bonchev–Trinajstić information content (AvgIpc) is 3.35. The molecule has 3 aromatic rings. The number of nitrogens with zero attached hydrogens (tertiary/aromatic N) is 2. The lowest BCUT2D eigenvalue weighted by molar-refractivity contribution is -0.244. The van der Waals surface area contributed by atoms with Crippen molar-refractivity contribution in [1.29, 1.82) is 5.26 Å². The number of aliphatic hydroxyl groups excluding tert-OH is 3. The molecule has 4 rings (SSSR count). The van der Waals surface area contributed by atoms with E-state index in [9.17, 15) is 29.0 Å². The fourth-order valence-corrected chi connectivity index (χ4v) is 6.37. The Kier molecular flexibility index (Phi) is 8.01. The van der Waals surface area contributed by atoms with E-state index in [1.807, 2.05) is 49.3 Å². The van der Waals surface area contributed by atoms with Crippen LogP contribution in [-0.4, -0.2) is 68.5 Å². The maximum atomic E-state index is 12.9. The molecule has 2 heterocycles. The van der Waals surface area contributed by atoms with E-state index in [1.165, 1.54) is 17.4 Å². The van der Waals surface area contributed by atoms with Gasteiger partial charge in [0.05, 0.1) is 6.10 Å². The second-order valence-electron chi connectivity index (χ2n) is 9.06. The van der Waals surface area contributed by atoms with E-state index < -0.39 is 45.6 Å². The van der Waals surface area contributed by atoms with Crippen molar-refractivity contribution in [1.82, 2.24) is 4.72 Å². The normalized spacial score (nSPS) is 24.7. The highest BCUT2D eigenvalue weighted by Gasteiger charge is 2.45. The zero-order valence-corrected chi connectivity index (χ0v) is 22.2. The molecule has 9 nitrogen and oxygen atoms in total. The number of rotatable bonds is 7. The van der Waals surface area contributed by atoms with E-state index in [0.29, 0.717) is 11.3 Å². The third-order valence-electron chi connectivity index (χ3n) is 6.34. The second-order valence-corrected chi connectivity index (χ2v) is 11.9. The number of ether oxygens (including phenoxy) is 1. The topological polar surface area (TPSA) is 143 Å². The molecule has 0 aliphatic carbocycles. The maximum Gasteiger partial charge on any atom is 0.251 e. The molecule has 0 saturated carbocycles. The summed E-state index contributed by atoms with van der Waals surface area (Å²) in [6.07, 6.45) is -3.99. The van der Waals surface area contributed by atoms with Gasteiger partial charge in [-0.2, -0.15) is 9.98 Å². The summed E-state index contributed by atoms with van der Waals surface area (Å²) in [5.41, 5.74) is 2.06. The third-order valence-corrected chi connectivity index (χ3v) is 8.79. The molecule has 4 N–H and O–H groups in total. The molecule has 1 unspecified atom stereocenters. The molecular weight excluding hydrogens is 514 g/mol. The highest BCUT2D eigenvalue weighted by atomic mass is 32.2. The van der Waals surface area contributed by atoms with Crippen LogP contribution < -0.4 is 9.62 Å². The standard InChI is InChI=1S/C26H29N3O6S2/c1-4-21-24(30)25(31)23(26(32)35-21)28-37(33,34)20(14-27)13-19-9-10-22(36-19)17-6-5-16-12-18(29(2)3)8-7-15(16)11-17/h5-13,21,23-26,28,30-32H,4H2,1-3H3/b20-13+/t21-,23-,24-,25-,26?/m1/s1. The van der Waals surface area contributed by atoms with E-state index in [2.05, 4.69) is 16.9 Å². The summed E-state index contributed by atoms with van der Waals surface area (Å²) in [6, 6.07) is 16.0. The molecule has 1 fully saturated rings. The number of allylic oxidation sites excluding steroid dienone is 1. The van der Waals surface area contributed by atoms with E-state index in [0.717, 1.165) is 26.9 Å². The number of hydrogen-bond donors (Lipinski definition) is 4. The number of hydrogen-bond acceptors (Lipinski definition) is 9. The Hall–Kier alpha value is -2.82. The summed E-state index contributed by atoms with van der Waals surface area (Å²) in [6.45, 7) is 1.70. The monoisotopic (exact) mass is 543 g/mol. The molecule has 37 heavy (non-hydrogen) atoms. The van der Waals surface area contributed by atoms with Crippen LogP contribution in [0.15, 0.2) is 53.4 Å². The van der Waals surface area contributed by atoms with Gasteiger partial charge < -0.3 is 25.0 Å². The number of benzene rings is 2. The highest BCUT2D eigenvalue weighted by molar-refractivity contribution is 7.93. The van der Waals surface area contributed by atoms with Gasteiger partial charge in [-0.3, -0.25) is 0 Å². The van der Waals surface area contributed by atoms with Gasteiger partial charge in [0.25, 0.3) is 10.0 Å². The zero-order valence-electron chi connectivity index (χ0n) is 20.6. The quantitative estimate of drug-likeness (QED) is 0.333. The van der Waals surface area contributed by atoms with Gasteiger partial charge in [-0.15, -0.1) is 11.3 Å². The van der Waals surface area contributed by atoms with E-state index in [4.69, 9.17) is 4.74 Å². The lowest BCUT2D eigenvalue weighted by Crippen LogP contribution is -2.63. The Morgan fingerprint density at radius 3 is 2.49 bits per heavy atom. The summed E-state index contributed by atoms with van der Waals surface area (Å²) in [4.78, 5) is 2.87. The van der Waals surface area contributed by atoms with Gasteiger partial charge >= 0.3 is 0 Å². The van der Waals surface area contributed by atoms with Gasteiger partial charge in [-0.05, 0) is 59.2 Å². The number of anilines is 1. The van der Waals surface area contributed by atoms with Crippen molar-refractivity contribution in [3.05, 3.63) is 58.3 Å². The van der Waals surface area contributed by atoms with Crippen molar-refractivity contribution in [3.8, 4) is 16.5 Å². The van der Waals surface area contributed by atoms with Crippen molar-refractivity contribution in [2.75, 3.05) is 19.0 Å². The molecule has 0 bridgehead atoms. The van der Waals surface area contributed by atoms with Crippen LogP contribution in [0.3, 0.4) is 0 Å². The number of thiophene rings is 1. The van der Waals surface area contributed by atoms with Gasteiger partial charge in [0.2, 0.25) is 0 Å². The van der Waals surface area contributed by atoms with Crippen LogP contribution in [0.5, 0.6) is 0 Å². The Bertz CT molecular complexity index is 1460. The van der Waals surface area contributed by atoms with Crippen molar-refractivity contribution < 1.29 is 28.5 Å². The molecule has 0 amide bonds. The molecule has 196 valence electrons. The molecule has 1 aromatic heterocycles. The lowest BCUT2D eigenvalue weighted by Gasteiger charge is -2.40. The minimum atomic E-state index is -4.44. The van der Waals surface area contributed by atoms with Gasteiger partial charge in [0.15, 0.2) is 11.2 Å². The first-order valence-electron chi connectivity index (χ1n) is 11.7. The van der Waals surface area contributed by atoms with Crippen LogP contribution in [0.1, 0.15) is 18.2 Å². The highest BCUT2D eigenvalue weighted by Crippen LogP contribution is 2.33.